The summed E-state index contributed by atoms with van der Waals surface area (Å²) in [6, 6.07) is 7.76. The molecule has 0 saturated heterocycles. The second kappa shape index (κ2) is 5.40. The molecule has 3 heterocycles. The highest BCUT2D eigenvalue weighted by Gasteiger charge is 2.11. The van der Waals surface area contributed by atoms with Crippen molar-refractivity contribution in [1.29, 1.82) is 0 Å². The van der Waals surface area contributed by atoms with Crippen molar-refractivity contribution < 1.29 is 4.79 Å². The minimum atomic E-state index is -0.188. The summed E-state index contributed by atoms with van der Waals surface area (Å²) in [5.74, 6) is -0.188. The Bertz CT molecular complexity index is 738. The van der Waals surface area contributed by atoms with Gasteiger partial charge in [-0.15, -0.1) is 0 Å². The van der Waals surface area contributed by atoms with Crippen molar-refractivity contribution in [2.75, 3.05) is 0 Å². The van der Waals surface area contributed by atoms with E-state index in [4.69, 9.17) is 0 Å². The third-order valence-corrected chi connectivity index (χ3v) is 3.21. The van der Waals surface area contributed by atoms with Gasteiger partial charge in [0.15, 0.2) is 0 Å². The lowest BCUT2D eigenvalue weighted by molar-refractivity contribution is 0.0944. The van der Waals surface area contributed by atoms with Gasteiger partial charge in [0.25, 0.3) is 5.91 Å². The largest absolute Gasteiger partial charge is 0.345 e. The van der Waals surface area contributed by atoms with E-state index < -0.39 is 0 Å². The summed E-state index contributed by atoms with van der Waals surface area (Å²) < 4.78 is 3.69. The Morgan fingerprint density at radius 2 is 2.14 bits per heavy atom. The van der Waals surface area contributed by atoms with Crippen LogP contribution in [0.3, 0.4) is 0 Å². The van der Waals surface area contributed by atoms with Gasteiger partial charge in [0, 0.05) is 24.6 Å². The fraction of sp³-hybridized carbons (Fsp3) is 0.267. The number of fused-ring (bicyclic) bond motifs is 1. The number of nitrogens with one attached hydrogen (secondary N) is 1. The van der Waals surface area contributed by atoms with Crippen LogP contribution < -0.4 is 5.32 Å². The number of carbonyl (C=O) groups excluding carboxylic acids is 1. The maximum absolute atomic E-state index is 12.0. The predicted molar refractivity (Wildman–Crippen MR) is 79.0 cm³/mol. The first-order valence-electron chi connectivity index (χ1n) is 6.89. The van der Waals surface area contributed by atoms with Crippen LogP contribution in [0.1, 0.15) is 36.1 Å². The number of carbonyl (C=O) groups is 1. The van der Waals surface area contributed by atoms with Crippen LogP contribution in [0.5, 0.6) is 0 Å². The number of aromatic nitrogens is 4. The molecule has 3 rings (SSSR count). The van der Waals surface area contributed by atoms with Crippen LogP contribution in [0.4, 0.5) is 0 Å². The zero-order chi connectivity index (χ0) is 14.8. The molecule has 3 aromatic rings. The normalized spacial score (nSPS) is 11.2. The van der Waals surface area contributed by atoms with E-state index in [1.165, 1.54) is 0 Å². The lowest BCUT2D eigenvalue weighted by Crippen LogP contribution is -2.23. The summed E-state index contributed by atoms with van der Waals surface area (Å²) in [5.41, 5.74) is 2.11. The molecule has 0 atom stereocenters. The van der Waals surface area contributed by atoms with E-state index in [0.717, 1.165) is 11.3 Å². The van der Waals surface area contributed by atoms with Gasteiger partial charge < -0.3 is 9.72 Å². The fourth-order valence-electron chi connectivity index (χ4n) is 2.08. The highest BCUT2D eigenvalue weighted by atomic mass is 16.1. The van der Waals surface area contributed by atoms with E-state index in [-0.39, 0.29) is 11.9 Å². The Morgan fingerprint density at radius 1 is 1.29 bits per heavy atom. The molecule has 21 heavy (non-hydrogen) atoms. The van der Waals surface area contributed by atoms with Gasteiger partial charge >= 0.3 is 0 Å². The molecule has 108 valence electrons. The quantitative estimate of drug-likeness (QED) is 0.797. The summed E-state index contributed by atoms with van der Waals surface area (Å²) in [6.07, 6.45) is 5.64. The van der Waals surface area contributed by atoms with Crippen LogP contribution >= 0.6 is 0 Å². The predicted octanol–water partition coefficient (Wildman–Crippen LogP) is 2.04. The van der Waals surface area contributed by atoms with Gasteiger partial charge in [-0.25, -0.2) is 4.98 Å². The van der Waals surface area contributed by atoms with Crippen LogP contribution in [-0.4, -0.2) is 25.1 Å². The number of pyridine rings is 1. The molecular formula is C15H17N5O. The molecule has 0 aliphatic carbocycles. The Balaban J connectivity index is 1.67. The van der Waals surface area contributed by atoms with Gasteiger partial charge in [0.1, 0.15) is 11.3 Å². The zero-order valence-corrected chi connectivity index (χ0v) is 12.0. The third kappa shape index (κ3) is 2.79. The highest BCUT2D eigenvalue weighted by Crippen LogP contribution is 2.06. The van der Waals surface area contributed by atoms with Crippen molar-refractivity contribution >= 4 is 11.6 Å². The summed E-state index contributed by atoms with van der Waals surface area (Å²) in [5, 5.41) is 7.08. The molecule has 0 saturated carbocycles. The van der Waals surface area contributed by atoms with Crippen LogP contribution in [0.2, 0.25) is 0 Å². The first kappa shape index (κ1) is 13.4. The smallest absolute Gasteiger partial charge is 0.272 e. The molecule has 0 bridgehead atoms. The number of hydrogen-bond acceptors (Lipinski definition) is 3. The second-order valence-electron chi connectivity index (χ2n) is 5.16. The SMILES string of the molecule is CC(C)n1ccc(C(=O)NCc2cn3ccccc3n2)n1. The van der Waals surface area contributed by atoms with Crippen molar-refractivity contribution in [3.05, 3.63) is 54.2 Å². The molecule has 0 radical (unpaired) electrons. The van der Waals surface area contributed by atoms with Gasteiger partial charge in [0.2, 0.25) is 0 Å². The average Bonchev–Trinajstić information content (AvgIpc) is 3.11. The zero-order valence-electron chi connectivity index (χ0n) is 12.0. The minimum Gasteiger partial charge on any atom is -0.345 e. The standard InChI is InChI=1S/C15H17N5O/c1-11(2)20-8-6-13(18-20)15(21)16-9-12-10-19-7-4-3-5-14(19)17-12/h3-8,10-11H,9H2,1-2H3,(H,16,21). The van der Waals surface area contributed by atoms with Crippen molar-refractivity contribution in [3.63, 3.8) is 0 Å². The average molecular weight is 283 g/mol. The summed E-state index contributed by atoms with van der Waals surface area (Å²) in [6.45, 7) is 4.42. The summed E-state index contributed by atoms with van der Waals surface area (Å²) in [7, 11) is 0. The van der Waals surface area contributed by atoms with E-state index >= 15 is 0 Å². The molecule has 1 N–H and O–H groups in total. The van der Waals surface area contributed by atoms with Crippen molar-refractivity contribution in [2.45, 2.75) is 26.4 Å². The molecule has 3 aromatic heterocycles. The Hall–Kier alpha value is -2.63. The van der Waals surface area contributed by atoms with Crippen LogP contribution in [0.25, 0.3) is 5.65 Å². The van der Waals surface area contributed by atoms with E-state index in [1.807, 2.05) is 55.0 Å². The van der Waals surface area contributed by atoms with E-state index in [0.29, 0.717) is 12.2 Å². The van der Waals surface area contributed by atoms with Crippen molar-refractivity contribution in [2.24, 2.45) is 0 Å². The third-order valence-electron chi connectivity index (χ3n) is 3.21. The van der Waals surface area contributed by atoms with Gasteiger partial charge in [-0.2, -0.15) is 5.10 Å². The van der Waals surface area contributed by atoms with Gasteiger partial charge in [-0.3, -0.25) is 9.48 Å². The van der Waals surface area contributed by atoms with E-state index in [1.54, 1.807) is 10.7 Å². The Kier molecular flexibility index (Phi) is 3.43. The molecule has 0 aliphatic rings. The monoisotopic (exact) mass is 283 g/mol. The fourth-order valence-corrected chi connectivity index (χ4v) is 2.08. The number of hydrogen-bond donors (Lipinski definition) is 1. The molecule has 6 heteroatoms. The van der Waals surface area contributed by atoms with Crippen LogP contribution in [0.15, 0.2) is 42.9 Å². The first-order chi connectivity index (χ1) is 10.1. The molecule has 1 amide bonds. The van der Waals surface area contributed by atoms with Gasteiger partial charge in [-0.05, 0) is 32.0 Å². The van der Waals surface area contributed by atoms with Gasteiger partial charge in [-0.1, -0.05) is 6.07 Å². The number of nitrogens with zero attached hydrogens (tertiary/aromatic N) is 4. The van der Waals surface area contributed by atoms with E-state index in [2.05, 4.69) is 15.4 Å². The van der Waals surface area contributed by atoms with Gasteiger partial charge in [0.05, 0.1) is 12.2 Å². The lowest BCUT2D eigenvalue weighted by Gasteiger charge is -2.04. The molecule has 0 aliphatic heterocycles. The molecule has 0 unspecified atom stereocenters. The summed E-state index contributed by atoms with van der Waals surface area (Å²) in [4.78, 5) is 16.5. The van der Waals surface area contributed by atoms with Crippen molar-refractivity contribution in [1.82, 2.24) is 24.5 Å². The Labute approximate surface area is 122 Å². The van der Waals surface area contributed by atoms with Crippen LogP contribution in [0, 0.1) is 0 Å². The summed E-state index contributed by atoms with van der Waals surface area (Å²) >= 11 is 0. The molecule has 0 spiro atoms. The number of amides is 1. The first-order valence-corrected chi connectivity index (χ1v) is 6.89. The molecular weight excluding hydrogens is 266 g/mol. The molecule has 0 fully saturated rings. The minimum absolute atomic E-state index is 0.188. The topological polar surface area (TPSA) is 64.2 Å². The maximum atomic E-state index is 12.0. The van der Waals surface area contributed by atoms with E-state index in [9.17, 15) is 4.79 Å². The second-order valence-corrected chi connectivity index (χ2v) is 5.16. The maximum Gasteiger partial charge on any atom is 0.272 e. The van der Waals surface area contributed by atoms with Crippen LogP contribution in [-0.2, 0) is 6.54 Å². The molecule has 6 nitrogen and oxygen atoms in total. The Morgan fingerprint density at radius 3 is 2.86 bits per heavy atom. The number of imidazole rings is 1. The van der Waals surface area contributed by atoms with Crippen molar-refractivity contribution in [3.8, 4) is 0 Å². The molecule has 0 aromatic carbocycles. The number of rotatable bonds is 4. The lowest BCUT2D eigenvalue weighted by atomic mass is 10.4. The highest BCUT2D eigenvalue weighted by molar-refractivity contribution is 5.92.